The first-order valence-corrected chi connectivity index (χ1v) is 9.69. The number of piperidine rings is 1. The number of rotatable bonds is 3. The molecule has 1 saturated heterocycles. The van der Waals surface area contributed by atoms with Crippen LogP contribution in [0.4, 0.5) is 0 Å². The fourth-order valence-electron chi connectivity index (χ4n) is 4.57. The van der Waals surface area contributed by atoms with E-state index in [1.165, 1.54) is 38.6 Å². The third-order valence-electron chi connectivity index (χ3n) is 5.93. The maximum Gasteiger partial charge on any atom is 0.309 e. The normalized spacial score (nSPS) is 25.9. The molecule has 132 valence electrons. The highest BCUT2D eigenvalue weighted by Gasteiger charge is 2.30. The number of aromatic nitrogens is 1. The van der Waals surface area contributed by atoms with Crippen molar-refractivity contribution in [1.82, 2.24) is 14.8 Å². The Balaban J connectivity index is 1.41. The fourth-order valence-corrected chi connectivity index (χ4v) is 4.57. The summed E-state index contributed by atoms with van der Waals surface area (Å²) < 4.78 is 5.85. The third-order valence-corrected chi connectivity index (χ3v) is 5.93. The molecule has 4 rings (SSSR count). The van der Waals surface area contributed by atoms with Gasteiger partial charge in [0.2, 0.25) is 0 Å². The molecule has 2 fully saturated rings. The fraction of sp³-hybridized carbons (Fsp3) is 0.789. The van der Waals surface area contributed by atoms with Gasteiger partial charge in [-0.1, -0.05) is 19.8 Å². The smallest absolute Gasteiger partial charge is 0.309 e. The van der Waals surface area contributed by atoms with E-state index in [0.717, 1.165) is 56.4 Å². The van der Waals surface area contributed by atoms with Crippen LogP contribution in [-0.4, -0.2) is 46.9 Å². The molecule has 1 aromatic rings. The second-order valence-electron chi connectivity index (χ2n) is 8.02. The Morgan fingerprint density at radius 3 is 2.83 bits per heavy atom. The van der Waals surface area contributed by atoms with Gasteiger partial charge in [0.1, 0.15) is 5.76 Å². The lowest BCUT2D eigenvalue weighted by atomic mass is 10.0. The van der Waals surface area contributed by atoms with Crippen molar-refractivity contribution < 1.29 is 9.21 Å². The minimum atomic E-state index is -0.0155. The summed E-state index contributed by atoms with van der Waals surface area (Å²) in [5.74, 6) is 2.67. The van der Waals surface area contributed by atoms with Crippen molar-refractivity contribution >= 4 is 5.91 Å². The zero-order valence-corrected chi connectivity index (χ0v) is 14.8. The maximum absolute atomic E-state index is 12.7. The largest absolute Gasteiger partial charge is 0.437 e. The van der Waals surface area contributed by atoms with Gasteiger partial charge in [-0.15, -0.1) is 0 Å². The molecular weight excluding hydrogens is 302 g/mol. The van der Waals surface area contributed by atoms with E-state index in [0.29, 0.717) is 11.8 Å². The van der Waals surface area contributed by atoms with Crippen molar-refractivity contribution in [1.29, 1.82) is 0 Å². The first-order chi connectivity index (χ1) is 11.7. The highest BCUT2D eigenvalue weighted by Crippen LogP contribution is 2.28. The standard InChI is InChI=1S/C19H29N3O2/c1-14-5-4-9-22(11-14)19(23)18-20-16-13-21(10-8-17(16)24-18)12-15-6-2-3-7-15/h14-15H,2-13H2,1H3. The number of hydrogen-bond donors (Lipinski definition) is 0. The topological polar surface area (TPSA) is 49.6 Å². The summed E-state index contributed by atoms with van der Waals surface area (Å²) >= 11 is 0. The number of carbonyl (C=O) groups excluding carboxylic acids is 1. The van der Waals surface area contributed by atoms with Gasteiger partial charge in [0, 0.05) is 39.1 Å². The predicted octanol–water partition coefficient (Wildman–Crippen LogP) is 3.10. The van der Waals surface area contributed by atoms with Gasteiger partial charge in [-0.25, -0.2) is 4.98 Å². The molecule has 1 aliphatic carbocycles. The summed E-state index contributed by atoms with van der Waals surface area (Å²) in [5.41, 5.74) is 0.993. The Morgan fingerprint density at radius 1 is 1.21 bits per heavy atom. The molecule has 0 radical (unpaired) electrons. The maximum atomic E-state index is 12.7. The van der Waals surface area contributed by atoms with Crippen LogP contribution in [0.15, 0.2) is 4.42 Å². The number of nitrogens with zero attached hydrogens (tertiary/aromatic N) is 3. The van der Waals surface area contributed by atoms with Gasteiger partial charge in [0.15, 0.2) is 0 Å². The highest BCUT2D eigenvalue weighted by atomic mass is 16.4. The van der Waals surface area contributed by atoms with Gasteiger partial charge in [0.25, 0.3) is 5.89 Å². The van der Waals surface area contributed by atoms with Crippen LogP contribution in [-0.2, 0) is 13.0 Å². The molecule has 1 amide bonds. The van der Waals surface area contributed by atoms with E-state index in [9.17, 15) is 4.79 Å². The van der Waals surface area contributed by atoms with E-state index in [2.05, 4.69) is 16.8 Å². The summed E-state index contributed by atoms with van der Waals surface area (Å²) in [5, 5.41) is 0. The predicted molar refractivity (Wildman–Crippen MR) is 91.7 cm³/mol. The lowest BCUT2D eigenvalue weighted by Crippen LogP contribution is -2.39. The Kier molecular flexibility index (Phi) is 4.61. The Hall–Kier alpha value is -1.36. The number of hydrogen-bond acceptors (Lipinski definition) is 4. The van der Waals surface area contributed by atoms with E-state index in [4.69, 9.17) is 4.42 Å². The van der Waals surface area contributed by atoms with E-state index in [1.54, 1.807) is 0 Å². The van der Waals surface area contributed by atoms with Crippen LogP contribution in [0.2, 0.25) is 0 Å². The summed E-state index contributed by atoms with van der Waals surface area (Å²) in [4.78, 5) is 21.7. The molecule has 1 saturated carbocycles. The molecule has 0 spiro atoms. The molecule has 5 nitrogen and oxygen atoms in total. The van der Waals surface area contributed by atoms with E-state index in [1.807, 2.05) is 4.90 Å². The minimum Gasteiger partial charge on any atom is -0.437 e. The van der Waals surface area contributed by atoms with Gasteiger partial charge in [-0.3, -0.25) is 9.69 Å². The van der Waals surface area contributed by atoms with E-state index in [-0.39, 0.29) is 5.91 Å². The van der Waals surface area contributed by atoms with Crippen LogP contribution in [0.25, 0.3) is 0 Å². The molecule has 3 heterocycles. The second kappa shape index (κ2) is 6.87. The molecule has 24 heavy (non-hydrogen) atoms. The Morgan fingerprint density at radius 2 is 2.04 bits per heavy atom. The quantitative estimate of drug-likeness (QED) is 0.854. The first-order valence-electron chi connectivity index (χ1n) is 9.69. The van der Waals surface area contributed by atoms with Crippen molar-refractivity contribution in [3.63, 3.8) is 0 Å². The van der Waals surface area contributed by atoms with Gasteiger partial charge in [-0.05, 0) is 37.5 Å². The average molecular weight is 331 g/mol. The van der Waals surface area contributed by atoms with Gasteiger partial charge >= 0.3 is 5.91 Å². The van der Waals surface area contributed by atoms with Crippen LogP contribution in [0.1, 0.15) is 67.6 Å². The highest BCUT2D eigenvalue weighted by molar-refractivity contribution is 5.89. The molecule has 0 aromatic carbocycles. The number of carbonyl (C=O) groups is 1. The van der Waals surface area contributed by atoms with Crippen LogP contribution < -0.4 is 0 Å². The third kappa shape index (κ3) is 3.37. The molecule has 3 aliphatic rings. The van der Waals surface area contributed by atoms with Crippen LogP contribution in [0.3, 0.4) is 0 Å². The zero-order chi connectivity index (χ0) is 16.5. The molecule has 2 aliphatic heterocycles. The summed E-state index contributed by atoms with van der Waals surface area (Å²) in [6.45, 7) is 6.94. The monoisotopic (exact) mass is 331 g/mol. The average Bonchev–Trinajstić information content (AvgIpc) is 3.23. The van der Waals surface area contributed by atoms with E-state index < -0.39 is 0 Å². The molecule has 0 bridgehead atoms. The molecular formula is C19H29N3O2. The van der Waals surface area contributed by atoms with Crippen molar-refractivity contribution in [2.24, 2.45) is 11.8 Å². The van der Waals surface area contributed by atoms with E-state index >= 15 is 0 Å². The lowest BCUT2D eigenvalue weighted by molar-refractivity contribution is 0.0640. The van der Waals surface area contributed by atoms with Crippen LogP contribution in [0.5, 0.6) is 0 Å². The molecule has 1 unspecified atom stereocenters. The van der Waals surface area contributed by atoms with Crippen molar-refractivity contribution in [2.45, 2.75) is 58.4 Å². The summed E-state index contributed by atoms with van der Waals surface area (Å²) in [6, 6.07) is 0. The van der Waals surface area contributed by atoms with Crippen LogP contribution >= 0.6 is 0 Å². The first kappa shape index (κ1) is 16.1. The second-order valence-corrected chi connectivity index (χ2v) is 8.02. The Labute approximate surface area is 144 Å². The van der Waals surface area contributed by atoms with Gasteiger partial charge in [0.05, 0.1) is 5.69 Å². The van der Waals surface area contributed by atoms with Crippen molar-refractivity contribution in [2.75, 3.05) is 26.2 Å². The van der Waals surface area contributed by atoms with Crippen LogP contribution in [0, 0.1) is 11.8 Å². The van der Waals surface area contributed by atoms with Gasteiger partial charge < -0.3 is 9.32 Å². The molecule has 0 N–H and O–H groups in total. The number of fused-ring (bicyclic) bond motifs is 1. The van der Waals surface area contributed by atoms with Gasteiger partial charge in [-0.2, -0.15) is 0 Å². The molecule has 1 atom stereocenters. The summed E-state index contributed by atoms with van der Waals surface area (Å²) in [6.07, 6.45) is 8.71. The Bertz CT molecular complexity index is 591. The number of oxazole rings is 1. The summed E-state index contributed by atoms with van der Waals surface area (Å²) in [7, 11) is 0. The minimum absolute atomic E-state index is 0.0155. The SMILES string of the molecule is CC1CCCN(C(=O)c2nc3c(o2)CCN(CC2CCCC2)C3)C1. The zero-order valence-electron chi connectivity index (χ0n) is 14.8. The molecule has 1 aromatic heterocycles. The van der Waals surface area contributed by atoms with Crippen molar-refractivity contribution in [3.05, 3.63) is 17.3 Å². The molecule has 5 heteroatoms. The lowest BCUT2D eigenvalue weighted by Gasteiger charge is -2.29. The number of likely N-dealkylation sites (tertiary alicyclic amines) is 1. The number of amides is 1. The van der Waals surface area contributed by atoms with Crippen molar-refractivity contribution in [3.8, 4) is 0 Å².